The molecule has 1 aromatic heterocycles. The highest BCUT2D eigenvalue weighted by Gasteiger charge is 2.43. The van der Waals surface area contributed by atoms with Crippen molar-refractivity contribution in [1.82, 2.24) is 14.9 Å². The minimum absolute atomic E-state index is 0.658. The van der Waals surface area contributed by atoms with Gasteiger partial charge in [-0.15, -0.1) is 0 Å². The maximum Gasteiger partial charge on any atom is 0.0925 e. The summed E-state index contributed by atoms with van der Waals surface area (Å²) in [5, 5.41) is 0. The van der Waals surface area contributed by atoms with Crippen LogP contribution in [0.5, 0.6) is 0 Å². The summed E-state index contributed by atoms with van der Waals surface area (Å²) in [6.07, 6.45) is 10.3. The lowest BCUT2D eigenvalue weighted by atomic mass is 9.79. The van der Waals surface area contributed by atoms with Gasteiger partial charge in [-0.3, -0.25) is 4.90 Å². The molecule has 0 spiro atoms. The number of hydrogen-bond donors (Lipinski definition) is 1. The van der Waals surface area contributed by atoms with E-state index in [4.69, 9.17) is 0 Å². The standard InChI is InChI=1S/C13H19N3/c1-2-4-10(3-1)16-7-9-5-6-11(16)13-12(9)14-8-15-13/h8-11H,1-7H2,(H,14,15). The van der Waals surface area contributed by atoms with Gasteiger partial charge in [0.15, 0.2) is 0 Å². The fourth-order valence-corrected chi connectivity index (χ4v) is 4.08. The van der Waals surface area contributed by atoms with E-state index in [1.54, 1.807) is 0 Å². The van der Waals surface area contributed by atoms with Crippen molar-refractivity contribution in [3.8, 4) is 0 Å². The van der Waals surface area contributed by atoms with E-state index in [2.05, 4.69) is 14.9 Å². The third-order valence-electron chi connectivity index (χ3n) is 4.83. The smallest absolute Gasteiger partial charge is 0.0925 e. The molecular formula is C13H19N3. The van der Waals surface area contributed by atoms with Gasteiger partial charge in [0.1, 0.15) is 0 Å². The Kier molecular flexibility index (Phi) is 1.92. The van der Waals surface area contributed by atoms with Crippen LogP contribution >= 0.6 is 0 Å². The van der Waals surface area contributed by atoms with Crippen LogP contribution in [0.15, 0.2) is 6.33 Å². The van der Waals surface area contributed by atoms with Gasteiger partial charge in [-0.2, -0.15) is 0 Å². The van der Waals surface area contributed by atoms with Crippen molar-refractivity contribution in [2.75, 3.05) is 6.54 Å². The van der Waals surface area contributed by atoms with Gasteiger partial charge in [0.05, 0.1) is 23.8 Å². The molecule has 4 aliphatic rings. The van der Waals surface area contributed by atoms with Crippen LogP contribution in [-0.4, -0.2) is 27.5 Å². The molecule has 2 unspecified atom stereocenters. The average molecular weight is 217 g/mol. The second kappa shape index (κ2) is 3.33. The molecule has 86 valence electrons. The number of piperidine rings is 1. The minimum Gasteiger partial charge on any atom is -0.347 e. The fraction of sp³-hybridized carbons (Fsp3) is 0.769. The van der Waals surface area contributed by atoms with Gasteiger partial charge in [-0.1, -0.05) is 12.8 Å². The van der Waals surface area contributed by atoms with Crippen molar-refractivity contribution < 1.29 is 0 Å². The molecule has 0 amide bonds. The van der Waals surface area contributed by atoms with Crippen LogP contribution in [-0.2, 0) is 0 Å². The van der Waals surface area contributed by atoms with Crippen LogP contribution in [0, 0.1) is 0 Å². The summed E-state index contributed by atoms with van der Waals surface area (Å²) in [6.45, 7) is 1.27. The van der Waals surface area contributed by atoms with E-state index < -0.39 is 0 Å². The second-order valence-corrected chi connectivity index (χ2v) is 5.63. The minimum atomic E-state index is 0.658. The number of nitrogens with one attached hydrogen (secondary N) is 1. The van der Waals surface area contributed by atoms with E-state index in [0.29, 0.717) is 12.0 Å². The van der Waals surface area contributed by atoms with Gasteiger partial charge < -0.3 is 4.98 Å². The summed E-state index contributed by atoms with van der Waals surface area (Å²) < 4.78 is 0. The Bertz CT molecular complexity index is 392. The molecule has 1 saturated heterocycles. The zero-order valence-electron chi connectivity index (χ0n) is 9.65. The van der Waals surface area contributed by atoms with Crippen molar-refractivity contribution >= 4 is 0 Å². The van der Waals surface area contributed by atoms with E-state index in [0.717, 1.165) is 6.04 Å². The van der Waals surface area contributed by atoms with Gasteiger partial charge in [0, 0.05) is 18.5 Å². The first-order chi connectivity index (χ1) is 7.93. The molecular weight excluding hydrogens is 198 g/mol. The van der Waals surface area contributed by atoms with Gasteiger partial charge in [0.25, 0.3) is 0 Å². The maximum atomic E-state index is 4.52. The second-order valence-electron chi connectivity index (χ2n) is 5.63. The van der Waals surface area contributed by atoms with Gasteiger partial charge >= 0.3 is 0 Å². The summed E-state index contributed by atoms with van der Waals surface area (Å²) in [4.78, 5) is 10.7. The Morgan fingerprint density at radius 3 is 2.94 bits per heavy atom. The number of aromatic nitrogens is 2. The quantitative estimate of drug-likeness (QED) is 0.784. The van der Waals surface area contributed by atoms with Crippen LogP contribution in [0.4, 0.5) is 0 Å². The molecule has 1 aromatic rings. The lowest BCUT2D eigenvalue weighted by Gasteiger charge is -2.47. The highest BCUT2D eigenvalue weighted by molar-refractivity contribution is 5.27. The molecule has 2 atom stereocenters. The number of hydrogen-bond acceptors (Lipinski definition) is 2. The van der Waals surface area contributed by atoms with Gasteiger partial charge in [0.2, 0.25) is 0 Å². The summed E-state index contributed by atoms with van der Waals surface area (Å²) in [5.41, 5.74) is 2.82. The van der Waals surface area contributed by atoms with Gasteiger partial charge in [-0.25, -0.2) is 4.98 Å². The summed E-state index contributed by atoms with van der Waals surface area (Å²) in [7, 11) is 0. The van der Waals surface area contributed by atoms with E-state index in [1.807, 2.05) is 6.33 Å². The number of aromatic amines is 1. The zero-order chi connectivity index (χ0) is 10.5. The molecule has 2 aliphatic carbocycles. The van der Waals surface area contributed by atoms with E-state index in [9.17, 15) is 0 Å². The fourth-order valence-electron chi connectivity index (χ4n) is 4.08. The maximum absolute atomic E-state index is 4.52. The monoisotopic (exact) mass is 217 g/mol. The largest absolute Gasteiger partial charge is 0.347 e. The van der Waals surface area contributed by atoms with Crippen molar-refractivity contribution in [2.24, 2.45) is 0 Å². The summed E-state index contributed by atoms with van der Waals surface area (Å²) in [5.74, 6) is 0.715. The third kappa shape index (κ3) is 1.15. The first-order valence-electron chi connectivity index (χ1n) is 6.72. The SMILES string of the molecule is c1nc2c([nH]1)C1CCC2CN1C1CCCC1. The molecule has 3 heterocycles. The summed E-state index contributed by atoms with van der Waals surface area (Å²) in [6, 6.07) is 1.52. The molecule has 2 bridgehead atoms. The molecule has 3 nitrogen and oxygen atoms in total. The molecule has 2 fully saturated rings. The van der Waals surface area contributed by atoms with Crippen LogP contribution in [0.2, 0.25) is 0 Å². The Morgan fingerprint density at radius 2 is 2.06 bits per heavy atom. The Labute approximate surface area is 96.3 Å². The number of rotatable bonds is 1. The van der Waals surface area contributed by atoms with Gasteiger partial charge in [-0.05, 0) is 25.7 Å². The first-order valence-corrected chi connectivity index (χ1v) is 6.72. The van der Waals surface area contributed by atoms with Crippen molar-refractivity contribution in [3.63, 3.8) is 0 Å². The van der Waals surface area contributed by atoms with Crippen LogP contribution in [0.1, 0.15) is 61.9 Å². The first kappa shape index (κ1) is 9.23. The number of H-pyrrole nitrogens is 1. The zero-order valence-corrected chi connectivity index (χ0v) is 9.65. The molecule has 3 heteroatoms. The van der Waals surface area contributed by atoms with Crippen molar-refractivity contribution in [3.05, 3.63) is 17.7 Å². The predicted octanol–water partition coefficient (Wildman–Crippen LogP) is 2.59. The molecule has 1 N–H and O–H groups in total. The molecule has 0 radical (unpaired) electrons. The topological polar surface area (TPSA) is 31.9 Å². The van der Waals surface area contributed by atoms with Crippen molar-refractivity contribution in [1.29, 1.82) is 0 Å². The van der Waals surface area contributed by atoms with E-state index in [-0.39, 0.29) is 0 Å². The molecule has 2 aliphatic heterocycles. The number of nitrogens with zero attached hydrogens (tertiary/aromatic N) is 2. The molecule has 16 heavy (non-hydrogen) atoms. The van der Waals surface area contributed by atoms with Crippen molar-refractivity contribution in [2.45, 2.75) is 56.5 Å². The lowest BCUT2D eigenvalue weighted by Crippen LogP contribution is -2.47. The number of fused-ring (bicyclic) bond motifs is 2. The van der Waals surface area contributed by atoms with Crippen LogP contribution in [0.25, 0.3) is 0 Å². The average Bonchev–Trinajstić information content (AvgIpc) is 3.02. The lowest BCUT2D eigenvalue weighted by molar-refractivity contribution is 0.0643. The molecule has 0 aromatic carbocycles. The summed E-state index contributed by atoms with van der Waals surface area (Å²) >= 11 is 0. The van der Waals surface area contributed by atoms with Crippen LogP contribution in [0.3, 0.4) is 0 Å². The Morgan fingerprint density at radius 1 is 1.19 bits per heavy atom. The molecule has 5 rings (SSSR count). The third-order valence-corrected chi connectivity index (χ3v) is 4.83. The predicted molar refractivity (Wildman–Crippen MR) is 62.3 cm³/mol. The Hall–Kier alpha value is -0.830. The van der Waals surface area contributed by atoms with E-state index in [1.165, 1.54) is 56.5 Å². The Balaban J connectivity index is 1.69. The highest BCUT2D eigenvalue weighted by Crippen LogP contribution is 2.47. The number of imidazole rings is 1. The highest BCUT2D eigenvalue weighted by atomic mass is 15.2. The normalized spacial score (nSPS) is 34.5. The van der Waals surface area contributed by atoms with Crippen LogP contribution < -0.4 is 0 Å². The van der Waals surface area contributed by atoms with E-state index >= 15 is 0 Å². The molecule has 1 saturated carbocycles.